The topological polar surface area (TPSA) is 156 Å². The van der Waals surface area contributed by atoms with E-state index < -0.39 is 46.8 Å². The van der Waals surface area contributed by atoms with Crippen LogP contribution in [0.3, 0.4) is 0 Å². The van der Waals surface area contributed by atoms with Gasteiger partial charge in [-0.25, -0.2) is 14.0 Å². The van der Waals surface area contributed by atoms with Gasteiger partial charge in [-0.3, -0.25) is 28.8 Å². The quantitative estimate of drug-likeness (QED) is 0.286. The number of halogens is 1. The molecule has 0 unspecified atom stereocenters. The van der Waals surface area contributed by atoms with E-state index in [0.29, 0.717) is 42.9 Å². The van der Waals surface area contributed by atoms with Crippen LogP contribution in [0, 0.1) is 12.7 Å². The van der Waals surface area contributed by atoms with Gasteiger partial charge in [0, 0.05) is 55.6 Å². The Morgan fingerprint density at radius 3 is 2.51 bits per heavy atom. The number of aryl methyl sites for hydroxylation is 1. The van der Waals surface area contributed by atoms with Crippen molar-refractivity contribution in [1.82, 2.24) is 19.0 Å². The zero-order valence-corrected chi connectivity index (χ0v) is 23.3. The minimum Gasteiger partial charge on any atom is -0.477 e. The van der Waals surface area contributed by atoms with Gasteiger partial charge in [-0.1, -0.05) is 6.08 Å². The third-order valence-corrected chi connectivity index (χ3v) is 7.97. The number of carbonyl (C=O) groups is 2. The first-order chi connectivity index (χ1) is 20.6. The normalized spacial score (nSPS) is 20.6. The van der Waals surface area contributed by atoms with Crippen LogP contribution in [-0.2, 0) is 14.3 Å². The molecule has 226 valence electrons. The fourth-order valence-corrected chi connectivity index (χ4v) is 5.48. The molecular weight excluding hydrogens is 565 g/mol. The average Bonchev–Trinajstić information content (AvgIpc) is 3.71. The van der Waals surface area contributed by atoms with E-state index in [9.17, 15) is 29.1 Å². The number of hydrogen-bond donors (Lipinski definition) is 2. The van der Waals surface area contributed by atoms with Crippen LogP contribution in [-0.4, -0.2) is 81.5 Å². The summed E-state index contributed by atoms with van der Waals surface area (Å²) < 4.78 is 29.4. The predicted molar refractivity (Wildman–Crippen MR) is 152 cm³/mol. The largest absolute Gasteiger partial charge is 0.477 e. The number of ether oxygens (including phenoxy) is 2. The number of anilines is 1. The van der Waals surface area contributed by atoms with Crippen molar-refractivity contribution in [3.63, 3.8) is 0 Å². The van der Waals surface area contributed by atoms with Crippen molar-refractivity contribution in [2.24, 2.45) is 0 Å². The molecule has 13 nitrogen and oxygen atoms in total. The van der Waals surface area contributed by atoms with E-state index in [-0.39, 0.29) is 30.1 Å². The van der Waals surface area contributed by atoms with Gasteiger partial charge in [0.25, 0.3) is 5.56 Å². The van der Waals surface area contributed by atoms with Gasteiger partial charge in [0.05, 0.1) is 17.7 Å². The Bertz CT molecular complexity index is 1820. The Hall–Kier alpha value is -4.56. The lowest BCUT2D eigenvalue weighted by Gasteiger charge is -2.35. The zero-order valence-electron chi connectivity index (χ0n) is 23.3. The number of piperazine rings is 1. The summed E-state index contributed by atoms with van der Waals surface area (Å²) in [5.41, 5.74) is -0.955. The zero-order chi connectivity index (χ0) is 30.4. The number of benzene rings is 1. The fraction of sp³-hybridized carbons (Fsp3) is 0.414. The Morgan fingerprint density at radius 1 is 1.07 bits per heavy atom. The standard InChI is InChI=1S/C29H30FN5O8/c1-16-12-35(29(41)31-27(16)38)24-5-4-18(43-24)15-42-25(36)14-32-6-8-33(9-7-32)23-11-22-19(10-21(23)30)26(37)20(28(39)40)13-34(22)17-2-3-17/h4-5,10-13,17-18,24H,2-3,6-9,14-15H2,1H3,(H,39,40)(H,31,38,41)/t18-,24+/m0/s1. The molecule has 3 aromatic rings. The summed E-state index contributed by atoms with van der Waals surface area (Å²) in [5, 5.41) is 9.50. The summed E-state index contributed by atoms with van der Waals surface area (Å²) in [6.07, 6.45) is 6.54. The van der Waals surface area contributed by atoms with E-state index in [0.717, 1.165) is 18.9 Å². The number of rotatable bonds is 8. The van der Waals surface area contributed by atoms with Gasteiger partial charge < -0.3 is 24.0 Å². The molecule has 2 aromatic heterocycles. The lowest BCUT2D eigenvalue weighted by molar-refractivity contribution is -0.149. The second-order valence-corrected chi connectivity index (χ2v) is 11.0. The Morgan fingerprint density at radius 2 is 1.81 bits per heavy atom. The molecule has 2 aliphatic heterocycles. The molecule has 14 heteroatoms. The van der Waals surface area contributed by atoms with Gasteiger partial charge in [0.1, 0.15) is 24.1 Å². The fourth-order valence-electron chi connectivity index (χ4n) is 5.48. The van der Waals surface area contributed by atoms with Crippen molar-refractivity contribution in [1.29, 1.82) is 0 Å². The molecular formula is C29H30FN5O8. The molecule has 1 saturated carbocycles. The number of nitrogens with zero attached hydrogens (tertiary/aromatic N) is 4. The van der Waals surface area contributed by atoms with Gasteiger partial charge in [-0.15, -0.1) is 0 Å². The van der Waals surface area contributed by atoms with Crippen LogP contribution in [0.2, 0.25) is 0 Å². The molecule has 1 saturated heterocycles. The summed E-state index contributed by atoms with van der Waals surface area (Å²) in [7, 11) is 0. The minimum atomic E-state index is -1.34. The lowest BCUT2D eigenvalue weighted by atomic mass is 10.1. The maximum Gasteiger partial charge on any atom is 0.341 e. The molecule has 0 bridgehead atoms. The van der Waals surface area contributed by atoms with Crippen LogP contribution in [0.25, 0.3) is 10.9 Å². The maximum atomic E-state index is 15.2. The second-order valence-electron chi connectivity index (χ2n) is 11.0. The summed E-state index contributed by atoms with van der Waals surface area (Å²) in [6, 6.07) is 2.82. The number of hydrogen-bond acceptors (Lipinski definition) is 9. The number of pyridine rings is 1. The molecule has 2 fully saturated rings. The van der Waals surface area contributed by atoms with Crippen molar-refractivity contribution in [2.45, 2.75) is 38.1 Å². The summed E-state index contributed by atoms with van der Waals surface area (Å²) in [4.78, 5) is 66.5. The summed E-state index contributed by atoms with van der Waals surface area (Å²) in [5.74, 6) is -2.40. The third kappa shape index (κ3) is 5.75. The second kappa shape index (κ2) is 11.3. The molecule has 43 heavy (non-hydrogen) atoms. The predicted octanol–water partition coefficient (Wildman–Crippen LogP) is 1.15. The van der Waals surface area contributed by atoms with E-state index in [1.807, 2.05) is 9.80 Å². The highest BCUT2D eigenvalue weighted by Gasteiger charge is 2.29. The third-order valence-electron chi connectivity index (χ3n) is 7.97. The maximum absolute atomic E-state index is 15.2. The van der Waals surface area contributed by atoms with E-state index >= 15 is 4.39 Å². The van der Waals surface area contributed by atoms with Crippen LogP contribution in [0.1, 0.15) is 41.0 Å². The number of carboxylic acid groups (broad SMARTS) is 1. The SMILES string of the molecule is Cc1cn([C@H]2C=C[C@@H](COC(=O)CN3CCN(c4cc5c(cc4F)c(=O)c(C(=O)O)cn5C4CC4)CC3)O2)c(=O)[nH]c1=O. The summed E-state index contributed by atoms with van der Waals surface area (Å²) in [6.45, 7) is 3.37. The number of H-pyrrole nitrogens is 1. The van der Waals surface area contributed by atoms with E-state index in [1.165, 1.54) is 17.0 Å². The monoisotopic (exact) mass is 595 g/mol. The highest BCUT2D eigenvalue weighted by molar-refractivity contribution is 5.93. The van der Waals surface area contributed by atoms with Crippen molar-refractivity contribution in [3.05, 3.63) is 84.7 Å². The van der Waals surface area contributed by atoms with E-state index in [4.69, 9.17) is 9.47 Å². The van der Waals surface area contributed by atoms with Crippen molar-refractivity contribution < 1.29 is 28.6 Å². The molecule has 2 N–H and O–H groups in total. The number of nitrogens with one attached hydrogen (secondary N) is 1. The number of carboxylic acids is 1. The van der Waals surface area contributed by atoms with E-state index in [1.54, 1.807) is 29.7 Å². The molecule has 2 atom stereocenters. The van der Waals surface area contributed by atoms with Crippen LogP contribution in [0.15, 0.2) is 51.1 Å². The Kier molecular flexibility index (Phi) is 7.48. The molecule has 6 rings (SSSR count). The molecule has 0 radical (unpaired) electrons. The molecule has 3 aliphatic rings. The highest BCUT2D eigenvalue weighted by Crippen LogP contribution is 2.38. The molecule has 0 amide bonds. The van der Waals surface area contributed by atoms with E-state index in [2.05, 4.69) is 4.98 Å². The molecule has 0 spiro atoms. The Balaban J connectivity index is 1.04. The minimum absolute atomic E-state index is 0.0334. The number of aromatic carboxylic acids is 1. The van der Waals surface area contributed by atoms with Crippen molar-refractivity contribution in [3.8, 4) is 0 Å². The number of fused-ring (bicyclic) bond motifs is 1. The summed E-state index contributed by atoms with van der Waals surface area (Å²) >= 11 is 0. The number of aromatic nitrogens is 3. The number of aromatic amines is 1. The van der Waals surface area contributed by atoms with Gasteiger partial charge in [-0.05, 0) is 38.0 Å². The number of carbonyl (C=O) groups excluding carboxylic acids is 1. The average molecular weight is 596 g/mol. The first-order valence-electron chi connectivity index (χ1n) is 14.0. The first-order valence-corrected chi connectivity index (χ1v) is 14.0. The van der Waals surface area contributed by atoms with Gasteiger partial charge >= 0.3 is 17.6 Å². The van der Waals surface area contributed by atoms with Crippen molar-refractivity contribution in [2.75, 3.05) is 44.2 Å². The van der Waals surface area contributed by atoms with Crippen LogP contribution < -0.4 is 21.6 Å². The smallest absolute Gasteiger partial charge is 0.341 e. The first kappa shape index (κ1) is 28.6. The lowest BCUT2D eigenvalue weighted by Crippen LogP contribution is -2.48. The molecule has 1 aromatic carbocycles. The number of esters is 1. The van der Waals surface area contributed by atoms with Crippen LogP contribution in [0.5, 0.6) is 0 Å². The Labute approximate surface area is 243 Å². The van der Waals surface area contributed by atoms with Gasteiger partial charge in [0.15, 0.2) is 6.23 Å². The van der Waals surface area contributed by atoms with Crippen molar-refractivity contribution >= 4 is 28.5 Å². The van der Waals surface area contributed by atoms with Crippen LogP contribution in [0.4, 0.5) is 10.1 Å². The van der Waals surface area contributed by atoms with Gasteiger partial charge in [-0.2, -0.15) is 0 Å². The van der Waals surface area contributed by atoms with Gasteiger partial charge in [0.2, 0.25) is 5.43 Å². The highest BCUT2D eigenvalue weighted by atomic mass is 19.1. The molecule has 4 heterocycles. The molecule has 1 aliphatic carbocycles. The van der Waals surface area contributed by atoms with Crippen LogP contribution >= 0.6 is 0 Å².